The van der Waals surface area contributed by atoms with E-state index in [0.717, 1.165) is 115 Å². The summed E-state index contributed by atoms with van der Waals surface area (Å²) in [5.74, 6) is -1.36. The van der Waals surface area contributed by atoms with Gasteiger partial charge in [-0.2, -0.15) is 0 Å². The molecule has 2 unspecified atom stereocenters. The highest BCUT2D eigenvalue weighted by Crippen LogP contribution is 2.45. The Kier molecular flexibility index (Phi) is 74.5. The summed E-state index contributed by atoms with van der Waals surface area (Å²) in [5, 5.41) is 10.7. The van der Waals surface area contributed by atoms with Crippen LogP contribution >= 0.6 is 15.6 Å². The molecule has 0 spiro atoms. The molecule has 0 aromatic heterocycles. The van der Waals surface area contributed by atoms with Crippen molar-refractivity contribution in [1.29, 1.82) is 0 Å². The average molecular weight is 1500 g/mol. The maximum Gasteiger partial charge on any atom is 0.472 e. The van der Waals surface area contributed by atoms with E-state index in [2.05, 4.69) is 58.9 Å². The summed E-state index contributed by atoms with van der Waals surface area (Å²) in [4.78, 5) is 73.1. The molecule has 0 saturated carbocycles. The molecule has 0 bridgehead atoms. The van der Waals surface area contributed by atoms with Gasteiger partial charge in [-0.25, -0.2) is 9.13 Å². The van der Waals surface area contributed by atoms with Crippen molar-refractivity contribution in [3.63, 3.8) is 0 Å². The van der Waals surface area contributed by atoms with E-state index >= 15 is 0 Å². The Labute approximate surface area is 631 Å². The van der Waals surface area contributed by atoms with Crippen LogP contribution in [0.15, 0.2) is 24.3 Å². The van der Waals surface area contributed by atoms with Crippen LogP contribution in [0.5, 0.6) is 0 Å². The van der Waals surface area contributed by atoms with Crippen molar-refractivity contribution in [2.24, 2.45) is 5.92 Å². The van der Waals surface area contributed by atoms with Crippen LogP contribution in [-0.4, -0.2) is 96.7 Å². The minimum Gasteiger partial charge on any atom is -0.462 e. The topological polar surface area (TPSA) is 237 Å². The molecule has 0 rings (SSSR count). The summed E-state index contributed by atoms with van der Waals surface area (Å²) in [7, 11) is -9.94. The highest BCUT2D eigenvalue weighted by atomic mass is 31.2. The van der Waals surface area contributed by atoms with E-state index in [0.29, 0.717) is 25.7 Å². The number of aliphatic hydroxyl groups is 1. The van der Waals surface area contributed by atoms with Crippen molar-refractivity contribution in [2.75, 3.05) is 39.6 Å². The molecule has 0 aromatic rings. The van der Waals surface area contributed by atoms with E-state index in [4.69, 9.17) is 37.0 Å². The molecule has 0 radical (unpaired) electrons. The average Bonchev–Trinajstić information content (AvgIpc) is 0.919. The van der Waals surface area contributed by atoms with Crippen molar-refractivity contribution < 1.29 is 80.2 Å². The van der Waals surface area contributed by atoms with E-state index in [1.165, 1.54) is 231 Å². The van der Waals surface area contributed by atoms with Crippen LogP contribution in [0.25, 0.3) is 0 Å². The molecule has 0 aliphatic carbocycles. The molecular weight excluding hydrogens is 1340 g/mol. The van der Waals surface area contributed by atoms with Crippen molar-refractivity contribution in [3.05, 3.63) is 24.3 Å². The number of aliphatic hydroxyl groups excluding tert-OH is 1. The van der Waals surface area contributed by atoms with Gasteiger partial charge in [-0.3, -0.25) is 37.3 Å². The number of carbonyl (C=O) groups is 4. The van der Waals surface area contributed by atoms with Crippen LogP contribution in [0.2, 0.25) is 0 Å². The predicted octanol–water partition coefficient (Wildman–Crippen LogP) is 25.1. The maximum absolute atomic E-state index is 13.1. The lowest BCUT2D eigenvalue weighted by atomic mass is 10.0. The Balaban J connectivity index is 5.27. The van der Waals surface area contributed by atoms with Gasteiger partial charge in [0.25, 0.3) is 0 Å². The molecule has 0 heterocycles. The van der Waals surface area contributed by atoms with Gasteiger partial charge in [0.2, 0.25) is 0 Å². The summed E-state index contributed by atoms with van der Waals surface area (Å²) in [6.07, 6.45) is 71.5. The van der Waals surface area contributed by atoms with Gasteiger partial charge in [-0.15, -0.1) is 0 Å². The van der Waals surface area contributed by atoms with Gasteiger partial charge < -0.3 is 33.8 Å². The molecular formula is C84H160O17P2. The van der Waals surface area contributed by atoms with Crippen LogP contribution in [0.1, 0.15) is 426 Å². The third-order valence-corrected chi connectivity index (χ3v) is 21.1. The Morgan fingerprint density at radius 2 is 0.524 bits per heavy atom. The number of hydrogen-bond acceptors (Lipinski definition) is 15. The fraction of sp³-hybridized carbons (Fsp3) is 0.905. The Morgan fingerprint density at radius 1 is 0.301 bits per heavy atom. The Bertz CT molecular complexity index is 2060. The molecule has 0 amide bonds. The molecule has 19 heteroatoms. The molecule has 0 aromatic carbocycles. The number of ether oxygens (including phenoxy) is 4. The third kappa shape index (κ3) is 77.5. The van der Waals surface area contributed by atoms with Crippen LogP contribution in [0.3, 0.4) is 0 Å². The smallest absolute Gasteiger partial charge is 0.462 e. The number of carbonyl (C=O) groups excluding carboxylic acids is 4. The zero-order chi connectivity index (χ0) is 75.5. The van der Waals surface area contributed by atoms with E-state index < -0.39 is 97.5 Å². The number of phosphoric acid groups is 2. The predicted molar refractivity (Wildman–Crippen MR) is 423 cm³/mol. The number of allylic oxidation sites excluding steroid dienone is 4. The van der Waals surface area contributed by atoms with Gasteiger partial charge in [0.15, 0.2) is 12.2 Å². The first-order valence-corrected chi connectivity index (χ1v) is 45.9. The number of esters is 4. The molecule has 103 heavy (non-hydrogen) atoms. The fourth-order valence-electron chi connectivity index (χ4n) is 12.6. The summed E-state index contributed by atoms with van der Waals surface area (Å²) in [6, 6.07) is 0. The standard InChI is InChI=1S/C84H160O17P2/c1-6-9-12-15-18-21-24-27-29-30-31-32-33-34-36-38-44-49-54-59-64-69-83(88)100-80(74-95-82(87)68-63-58-53-48-43-37-35-28-25-22-19-16-13-10-7-2)76-99-103(92,93)97-72-78(85)71-96-102(90,91)98-75-79(73-94-81(86)67-62-57-52-47-42-26-23-20-17-14-11-8-3)101-84(89)70-65-60-55-50-45-40-39-41-46-51-56-61-66-77(4)5/h22,25,28,35,77-80,85H,6-21,23-24,26-27,29-34,36-76H2,1-5H3,(H,90,91)(H,92,93)/b25-22-,35-28-/t78-,79+,80+/m0/s1. The second-order valence-corrected chi connectivity index (χ2v) is 32.9. The highest BCUT2D eigenvalue weighted by molar-refractivity contribution is 7.47. The van der Waals surface area contributed by atoms with E-state index in [1.54, 1.807) is 0 Å². The first-order chi connectivity index (χ1) is 50.0. The third-order valence-electron chi connectivity index (χ3n) is 19.2. The molecule has 17 nitrogen and oxygen atoms in total. The van der Waals surface area contributed by atoms with Crippen molar-refractivity contribution >= 4 is 39.5 Å². The number of unbranched alkanes of at least 4 members (excludes halogenated alkanes) is 51. The molecule has 3 N–H and O–H groups in total. The Morgan fingerprint density at radius 3 is 0.796 bits per heavy atom. The molecule has 0 aliphatic rings. The lowest BCUT2D eigenvalue weighted by Gasteiger charge is -2.21. The second-order valence-electron chi connectivity index (χ2n) is 30.0. The zero-order valence-electron chi connectivity index (χ0n) is 66.9. The fourth-order valence-corrected chi connectivity index (χ4v) is 14.2. The van der Waals surface area contributed by atoms with Gasteiger partial charge in [-0.05, 0) is 57.3 Å². The number of hydrogen-bond donors (Lipinski definition) is 3. The summed E-state index contributed by atoms with van der Waals surface area (Å²) in [6.45, 7) is 7.29. The van der Waals surface area contributed by atoms with Crippen molar-refractivity contribution in [2.45, 2.75) is 445 Å². The van der Waals surface area contributed by atoms with E-state index in [9.17, 15) is 43.2 Å². The monoisotopic (exact) mass is 1500 g/mol. The summed E-state index contributed by atoms with van der Waals surface area (Å²) >= 11 is 0. The zero-order valence-corrected chi connectivity index (χ0v) is 68.7. The van der Waals surface area contributed by atoms with Gasteiger partial charge in [-0.1, -0.05) is 374 Å². The largest absolute Gasteiger partial charge is 0.472 e. The summed E-state index contributed by atoms with van der Waals surface area (Å²) in [5.41, 5.74) is 0. The number of phosphoric ester groups is 2. The summed E-state index contributed by atoms with van der Waals surface area (Å²) < 4.78 is 68.8. The Hall–Kier alpha value is -2.46. The molecule has 0 aliphatic heterocycles. The minimum absolute atomic E-state index is 0.102. The maximum atomic E-state index is 13.1. The lowest BCUT2D eigenvalue weighted by molar-refractivity contribution is -0.161. The first kappa shape index (κ1) is 101. The van der Waals surface area contributed by atoms with Crippen LogP contribution < -0.4 is 0 Å². The highest BCUT2D eigenvalue weighted by Gasteiger charge is 2.30. The van der Waals surface area contributed by atoms with Crippen LogP contribution in [0, 0.1) is 5.92 Å². The molecule has 0 saturated heterocycles. The molecule has 608 valence electrons. The minimum atomic E-state index is -4.97. The van der Waals surface area contributed by atoms with Gasteiger partial charge in [0.1, 0.15) is 19.3 Å². The lowest BCUT2D eigenvalue weighted by Crippen LogP contribution is -2.30. The van der Waals surface area contributed by atoms with Crippen molar-refractivity contribution in [1.82, 2.24) is 0 Å². The van der Waals surface area contributed by atoms with Gasteiger partial charge in [0, 0.05) is 25.7 Å². The van der Waals surface area contributed by atoms with E-state index in [-0.39, 0.29) is 25.7 Å². The first-order valence-electron chi connectivity index (χ1n) is 43.0. The SMILES string of the molecule is CCCCCC/C=C\C=C/CCCCCCCC(=O)OC[C@H](COP(=O)(O)OC[C@@H](O)COP(=O)(O)OC[C@@H](COC(=O)CCCCCCCCCCCCCC)OC(=O)CCCCCCCCCCCCCCC(C)C)OC(=O)CCCCCCCCCCCCCCCCCCCCCCC. The van der Waals surface area contributed by atoms with E-state index in [1.807, 2.05) is 0 Å². The number of rotatable bonds is 82. The second kappa shape index (κ2) is 76.3. The quantitative estimate of drug-likeness (QED) is 0.0169. The molecule has 5 atom stereocenters. The van der Waals surface area contributed by atoms with Gasteiger partial charge >= 0.3 is 39.5 Å². The van der Waals surface area contributed by atoms with Crippen LogP contribution in [-0.2, 0) is 65.4 Å². The van der Waals surface area contributed by atoms with Gasteiger partial charge in [0.05, 0.1) is 26.4 Å². The van der Waals surface area contributed by atoms with Crippen LogP contribution in [0.4, 0.5) is 0 Å². The molecule has 0 fully saturated rings. The normalized spacial score (nSPS) is 14.0. The van der Waals surface area contributed by atoms with Crippen molar-refractivity contribution in [3.8, 4) is 0 Å².